The lowest BCUT2D eigenvalue weighted by Gasteiger charge is -2.12. The lowest BCUT2D eigenvalue weighted by atomic mass is 9.98. The topological polar surface area (TPSA) is 0 Å². The zero-order chi connectivity index (χ0) is 10.1. The molecular weight excluding hydrogens is 177 g/mol. The zero-order valence-corrected chi connectivity index (χ0v) is 7.37. The third kappa shape index (κ3) is 2.15. The Morgan fingerprint density at radius 1 is 1.31 bits per heavy atom. The van der Waals surface area contributed by atoms with Gasteiger partial charge in [-0.05, 0) is 23.6 Å². The Morgan fingerprint density at radius 2 is 1.92 bits per heavy atom. The molecule has 0 radical (unpaired) electrons. The van der Waals surface area contributed by atoms with Crippen LogP contribution in [0.2, 0.25) is 0 Å². The molecule has 0 nitrogen and oxygen atoms in total. The Bertz CT molecular complexity index is 286. The Morgan fingerprint density at radius 3 is 2.31 bits per heavy atom. The van der Waals surface area contributed by atoms with E-state index in [1.807, 2.05) is 0 Å². The predicted molar refractivity (Wildman–Crippen MR) is 43.2 cm³/mol. The first-order valence-electron chi connectivity index (χ1n) is 3.92. The van der Waals surface area contributed by atoms with Gasteiger partial charge in [0.1, 0.15) is 5.56 Å². The van der Waals surface area contributed by atoms with Crippen LogP contribution >= 0.6 is 0 Å². The monoisotopic (exact) mass is 186 g/mol. The first kappa shape index (κ1) is 9.91. The summed E-state index contributed by atoms with van der Waals surface area (Å²) in [6.45, 7) is 3.44. The van der Waals surface area contributed by atoms with E-state index in [2.05, 4.69) is 12.1 Å². The van der Waals surface area contributed by atoms with Crippen molar-refractivity contribution >= 4 is 0 Å². The minimum Gasteiger partial charge on any atom is -0.165 e. The van der Waals surface area contributed by atoms with Crippen LogP contribution in [0, 0.1) is 12.1 Å². The molecular formula is C10H9F3. The summed E-state index contributed by atoms with van der Waals surface area (Å²) in [5.74, 6) is -0.150. The van der Waals surface area contributed by atoms with Crippen molar-refractivity contribution in [2.75, 3.05) is 0 Å². The Labute approximate surface area is 75.4 Å². The molecule has 70 valence electrons. The summed E-state index contributed by atoms with van der Waals surface area (Å²) in [5.41, 5.74) is -0.434. The number of hydrogen-bond acceptors (Lipinski definition) is 0. The molecule has 0 aliphatic carbocycles. The van der Waals surface area contributed by atoms with Gasteiger partial charge in [0.2, 0.25) is 0 Å². The Balaban J connectivity index is 3.20. The van der Waals surface area contributed by atoms with Crippen molar-refractivity contribution in [3.05, 3.63) is 35.4 Å². The summed E-state index contributed by atoms with van der Waals surface area (Å²) < 4.78 is 37.1. The molecule has 0 saturated heterocycles. The van der Waals surface area contributed by atoms with Crippen LogP contribution in [0.1, 0.15) is 30.9 Å². The Hall–Kier alpha value is -1.17. The number of alkyl halides is 3. The highest BCUT2D eigenvalue weighted by Crippen LogP contribution is 2.33. The highest BCUT2D eigenvalue weighted by Gasteiger charge is 2.34. The van der Waals surface area contributed by atoms with E-state index in [0.717, 1.165) is 0 Å². The molecule has 0 saturated carbocycles. The largest absolute Gasteiger partial charge is 0.424 e. The van der Waals surface area contributed by atoms with Crippen molar-refractivity contribution in [2.45, 2.75) is 25.9 Å². The van der Waals surface area contributed by atoms with Gasteiger partial charge < -0.3 is 0 Å². The van der Waals surface area contributed by atoms with Gasteiger partial charge in [-0.2, -0.15) is 13.2 Å². The van der Waals surface area contributed by atoms with Crippen LogP contribution in [-0.2, 0) is 6.18 Å². The van der Waals surface area contributed by atoms with Crippen LogP contribution < -0.4 is 0 Å². The van der Waals surface area contributed by atoms with Gasteiger partial charge in [-0.3, -0.25) is 0 Å². The molecule has 1 aromatic carbocycles. The molecule has 0 N–H and O–H groups in total. The fourth-order valence-corrected chi connectivity index (χ4v) is 1.12. The summed E-state index contributed by atoms with van der Waals surface area (Å²) in [5, 5.41) is 0. The van der Waals surface area contributed by atoms with Crippen LogP contribution in [0.5, 0.6) is 0 Å². The highest BCUT2D eigenvalue weighted by molar-refractivity contribution is 5.28. The molecule has 0 fully saturated rings. The molecule has 3 heteroatoms. The minimum absolute atomic E-state index is 0.150. The summed E-state index contributed by atoms with van der Waals surface area (Å²) >= 11 is 0. The van der Waals surface area contributed by atoms with Gasteiger partial charge in [0.05, 0.1) is 0 Å². The molecule has 0 aromatic heterocycles. The molecule has 0 aliphatic rings. The maximum Gasteiger partial charge on any atom is 0.424 e. The van der Waals surface area contributed by atoms with Gasteiger partial charge in [-0.25, -0.2) is 0 Å². The highest BCUT2D eigenvalue weighted by atomic mass is 19.4. The molecule has 1 rings (SSSR count). The number of hydrogen-bond donors (Lipinski definition) is 0. The molecule has 0 aliphatic heterocycles. The van der Waals surface area contributed by atoms with Crippen LogP contribution in [0.4, 0.5) is 13.2 Å². The van der Waals surface area contributed by atoms with Gasteiger partial charge in [0, 0.05) is 0 Å². The Kier molecular flexibility index (Phi) is 2.51. The lowest BCUT2D eigenvalue weighted by molar-refractivity contribution is -0.138. The van der Waals surface area contributed by atoms with E-state index in [-0.39, 0.29) is 11.5 Å². The fourth-order valence-electron chi connectivity index (χ4n) is 1.12. The van der Waals surface area contributed by atoms with Crippen LogP contribution in [0.15, 0.2) is 12.1 Å². The third-order valence-corrected chi connectivity index (χ3v) is 1.74. The van der Waals surface area contributed by atoms with Gasteiger partial charge >= 0.3 is 6.18 Å². The van der Waals surface area contributed by atoms with Crippen molar-refractivity contribution < 1.29 is 13.2 Å². The average Bonchev–Trinajstić information content (AvgIpc) is 2.03. The second-order valence-electron chi connectivity index (χ2n) is 3.09. The maximum absolute atomic E-state index is 12.4. The average molecular weight is 186 g/mol. The summed E-state index contributed by atoms with van der Waals surface area (Å²) in [6.07, 6.45) is -4.32. The molecule has 0 amide bonds. The van der Waals surface area contributed by atoms with Crippen LogP contribution in [0.25, 0.3) is 0 Å². The predicted octanol–water partition coefficient (Wildman–Crippen LogP) is 3.43. The van der Waals surface area contributed by atoms with Crippen molar-refractivity contribution in [2.24, 2.45) is 0 Å². The second kappa shape index (κ2) is 3.29. The van der Waals surface area contributed by atoms with Gasteiger partial charge in [0.15, 0.2) is 0 Å². The summed E-state index contributed by atoms with van der Waals surface area (Å²) in [4.78, 5) is 0. The van der Waals surface area contributed by atoms with Crippen molar-refractivity contribution in [3.8, 4) is 0 Å². The van der Waals surface area contributed by atoms with Crippen molar-refractivity contribution in [1.29, 1.82) is 0 Å². The zero-order valence-electron chi connectivity index (χ0n) is 7.37. The molecule has 1 aromatic rings. The molecule has 0 heterocycles. The molecule has 0 spiro atoms. The number of rotatable bonds is 1. The van der Waals surface area contributed by atoms with E-state index in [0.29, 0.717) is 0 Å². The van der Waals surface area contributed by atoms with E-state index in [4.69, 9.17) is 0 Å². The minimum atomic E-state index is -4.32. The fraction of sp³-hybridized carbons (Fsp3) is 0.400. The van der Waals surface area contributed by atoms with E-state index >= 15 is 0 Å². The first-order valence-corrected chi connectivity index (χ1v) is 3.92. The van der Waals surface area contributed by atoms with Gasteiger partial charge in [-0.1, -0.05) is 26.0 Å². The van der Waals surface area contributed by atoms with E-state index in [9.17, 15) is 13.2 Å². The van der Waals surface area contributed by atoms with Crippen molar-refractivity contribution in [1.82, 2.24) is 0 Å². The number of halogens is 3. The third-order valence-electron chi connectivity index (χ3n) is 1.74. The molecule has 0 atom stereocenters. The van der Waals surface area contributed by atoms with Gasteiger partial charge in [-0.15, -0.1) is 0 Å². The second-order valence-corrected chi connectivity index (χ2v) is 3.09. The van der Waals surface area contributed by atoms with E-state index in [1.165, 1.54) is 12.1 Å². The molecule has 0 bridgehead atoms. The maximum atomic E-state index is 12.4. The summed E-state index contributed by atoms with van der Waals surface area (Å²) in [6, 6.07) is 7.31. The standard InChI is InChI=1S/C10H9F3/c1-7(2)8-5-3-4-6-9(8)10(11,12)13/h3,5,7H,1-2H3. The van der Waals surface area contributed by atoms with Crippen LogP contribution in [0.3, 0.4) is 0 Å². The molecule has 13 heavy (non-hydrogen) atoms. The van der Waals surface area contributed by atoms with E-state index in [1.54, 1.807) is 13.8 Å². The SMILES string of the molecule is CC(C)c1ccc#cc1C(F)(F)F. The first-order chi connectivity index (χ1) is 5.93. The lowest BCUT2D eigenvalue weighted by Crippen LogP contribution is -2.09. The quantitative estimate of drug-likeness (QED) is 0.630. The van der Waals surface area contributed by atoms with Crippen LogP contribution in [-0.4, -0.2) is 0 Å². The van der Waals surface area contributed by atoms with Crippen molar-refractivity contribution in [3.63, 3.8) is 0 Å². The van der Waals surface area contributed by atoms with Gasteiger partial charge in [0.25, 0.3) is 0 Å². The summed E-state index contributed by atoms with van der Waals surface area (Å²) in [7, 11) is 0. The van der Waals surface area contributed by atoms with E-state index < -0.39 is 11.7 Å². The molecule has 0 unspecified atom stereocenters. The smallest absolute Gasteiger partial charge is 0.165 e. The normalized spacial score (nSPS) is 11.5.